The standard InChI is InChI=1S/C13H7BrF4N2O/c14-11-4-2-8(6-19-11)20-12(21)7-1-3-10(15)9(5-7)13(16,17)18/h1-6H,(H,20,21). The van der Waals surface area contributed by atoms with Crippen LogP contribution in [-0.2, 0) is 6.18 Å². The zero-order valence-electron chi connectivity index (χ0n) is 10.2. The number of anilines is 1. The van der Waals surface area contributed by atoms with Crippen molar-refractivity contribution in [3.63, 3.8) is 0 Å². The Hall–Kier alpha value is -1.96. The molecule has 0 saturated carbocycles. The Kier molecular flexibility index (Phi) is 4.26. The lowest BCUT2D eigenvalue weighted by molar-refractivity contribution is -0.140. The molecule has 0 unspecified atom stereocenters. The number of pyridine rings is 1. The smallest absolute Gasteiger partial charge is 0.321 e. The number of nitrogens with one attached hydrogen (secondary N) is 1. The van der Waals surface area contributed by atoms with Gasteiger partial charge in [-0.25, -0.2) is 9.37 Å². The lowest BCUT2D eigenvalue weighted by Gasteiger charge is -2.10. The summed E-state index contributed by atoms with van der Waals surface area (Å²) in [4.78, 5) is 15.7. The van der Waals surface area contributed by atoms with Gasteiger partial charge in [-0.15, -0.1) is 0 Å². The van der Waals surface area contributed by atoms with Gasteiger partial charge >= 0.3 is 6.18 Å². The molecule has 2 aromatic rings. The van der Waals surface area contributed by atoms with E-state index >= 15 is 0 Å². The molecule has 0 bridgehead atoms. The van der Waals surface area contributed by atoms with Crippen LogP contribution in [0.5, 0.6) is 0 Å². The van der Waals surface area contributed by atoms with E-state index in [9.17, 15) is 22.4 Å². The van der Waals surface area contributed by atoms with Gasteiger partial charge in [-0.1, -0.05) is 0 Å². The van der Waals surface area contributed by atoms with Crippen molar-refractivity contribution in [2.24, 2.45) is 0 Å². The molecule has 2 rings (SSSR count). The molecule has 1 aromatic heterocycles. The highest BCUT2D eigenvalue weighted by Crippen LogP contribution is 2.32. The van der Waals surface area contributed by atoms with Gasteiger partial charge in [0.25, 0.3) is 5.91 Å². The van der Waals surface area contributed by atoms with Gasteiger partial charge in [-0.3, -0.25) is 4.79 Å². The third-order valence-corrected chi connectivity index (χ3v) is 2.99. The number of rotatable bonds is 2. The number of aromatic nitrogens is 1. The number of halogens is 5. The van der Waals surface area contributed by atoms with Crippen LogP contribution in [0.1, 0.15) is 15.9 Å². The maximum absolute atomic E-state index is 13.1. The number of amides is 1. The molecule has 0 radical (unpaired) electrons. The van der Waals surface area contributed by atoms with Crippen molar-refractivity contribution < 1.29 is 22.4 Å². The minimum atomic E-state index is -4.86. The van der Waals surface area contributed by atoms with Crippen molar-refractivity contribution in [2.75, 3.05) is 5.32 Å². The molecule has 1 amide bonds. The van der Waals surface area contributed by atoms with Crippen molar-refractivity contribution in [1.29, 1.82) is 0 Å². The summed E-state index contributed by atoms with van der Waals surface area (Å²) < 4.78 is 51.4. The van der Waals surface area contributed by atoms with Gasteiger partial charge in [-0.05, 0) is 46.3 Å². The summed E-state index contributed by atoms with van der Waals surface area (Å²) in [6.45, 7) is 0. The molecule has 1 aromatic carbocycles. The fourth-order valence-electron chi connectivity index (χ4n) is 1.54. The van der Waals surface area contributed by atoms with Gasteiger partial charge in [0.05, 0.1) is 17.4 Å². The van der Waals surface area contributed by atoms with Crippen LogP contribution in [0.3, 0.4) is 0 Å². The molecule has 0 atom stereocenters. The number of benzene rings is 1. The lowest BCUT2D eigenvalue weighted by Crippen LogP contribution is -2.15. The highest BCUT2D eigenvalue weighted by atomic mass is 79.9. The van der Waals surface area contributed by atoms with Crippen LogP contribution in [0, 0.1) is 5.82 Å². The first kappa shape index (κ1) is 15.4. The van der Waals surface area contributed by atoms with E-state index in [1.54, 1.807) is 6.07 Å². The second-order valence-electron chi connectivity index (χ2n) is 4.02. The maximum Gasteiger partial charge on any atom is 0.419 e. The van der Waals surface area contributed by atoms with Crippen LogP contribution in [0.15, 0.2) is 41.1 Å². The van der Waals surface area contributed by atoms with Crippen LogP contribution in [0.2, 0.25) is 0 Å². The highest BCUT2D eigenvalue weighted by Gasteiger charge is 2.34. The minimum Gasteiger partial charge on any atom is -0.321 e. The van der Waals surface area contributed by atoms with Crippen LogP contribution < -0.4 is 5.32 Å². The fraction of sp³-hybridized carbons (Fsp3) is 0.0769. The number of nitrogens with zero attached hydrogens (tertiary/aromatic N) is 1. The topological polar surface area (TPSA) is 42.0 Å². The van der Waals surface area contributed by atoms with Crippen LogP contribution in [0.4, 0.5) is 23.2 Å². The Labute approximate surface area is 125 Å². The Balaban J connectivity index is 2.25. The van der Waals surface area contributed by atoms with E-state index in [4.69, 9.17) is 0 Å². The Bertz CT molecular complexity index is 671. The number of alkyl halides is 3. The largest absolute Gasteiger partial charge is 0.419 e. The van der Waals surface area contributed by atoms with E-state index in [0.717, 1.165) is 6.07 Å². The quantitative estimate of drug-likeness (QED) is 0.640. The van der Waals surface area contributed by atoms with E-state index < -0.39 is 23.5 Å². The predicted molar refractivity (Wildman–Crippen MR) is 71.3 cm³/mol. The van der Waals surface area contributed by atoms with E-state index in [-0.39, 0.29) is 5.56 Å². The summed E-state index contributed by atoms with van der Waals surface area (Å²) in [5, 5.41) is 2.37. The third kappa shape index (κ3) is 3.78. The van der Waals surface area contributed by atoms with Crippen molar-refractivity contribution in [3.8, 4) is 0 Å². The Morgan fingerprint density at radius 1 is 1.19 bits per heavy atom. The average molecular weight is 363 g/mol. The first-order chi connectivity index (χ1) is 9.77. The molecule has 0 aliphatic carbocycles. The summed E-state index contributed by atoms with van der Waals surface area (Å²) >= 11 is 3.11. The van der Waals surface area contributed by atoms with E-state index in [1.165, 1.54) is 12.3 Å². The molecule has 0 aliphatic heterocycles. The molecule has 0 saturated heterocycles. The van der Waals surface area contributed by atoms with Crippen LogP contribution in [-0.4, -0.2) is 10.9 Å². The van der Waals surface area contributed by atoms with E-state index in [2.05, 4.69) is 26.2 Å². The van der Waals surface area contributed by atoms with Crippen LogP contribution >= 0.6 is 15.9 Å². The normalized spacial score (nSPS) is 11.3. The average Bonchev–Trinajstić information content (AvgIpc) is 2.40. The summed E-state index contributed by atoms with van der Waals surface area (Å²) in [5.41, 5.74) is -1.48. The lowest BCUT2D eigenvalue weighted by atomic mass is 10.1. The number of hydrogen-bond acceptors (Lipinski definition) is 2. The molecule has 1 N–H and O–H groups in total. The van der Waals surface area contributed by atoms with Crippen molar-refractivity contribution >= 4 is 27.5 Å². The van der Waals surface area contributed by atoms with E-state index in [0.29, 0.717) is 22.4 Å². The first-order valence-electron chi connectivity index (χ1n) is 5.57. The molecule has 1 heterocycles. The zero-order chi connectivity index (χ0) is 15.6. The number of hydrogen-bond donors (Lipinski definition) is 1. The fourth-order valence-corrected chi connectivity index (χ4v) is 1.77. The monoisotopic (exact) mass is 362 g/mol. The molecule has 3 nitrogen and oxygen atoms in total. The summed E-state index contributed by atoms with van der Waals surface area (Å²) in [7, 11) is 0. The van der Waals surface area contributed by atoms with Gasteiger partial charge < -0.3 is 5.32 Å². The molecular formula is C13H7BrF4N2O. The molecule has 110 valence electrons. The molecule has 0 aliphatic rings. The molecule has 21 heavy (non-hydrogen) atoms. The summed E-state index contributed by atoms with van der Waals surface area (Å²) in [6.07, 6.45) is -3.53. The zero-order valence-corrected chi connectivity index (χ0v) is 11.8. The second kappa shape index (κ2) is 5.80. The van der Waals surface area contributed by atoms with Gasteiger partial charge in [-0.2, -0.15) is 13.2 Å². The maximum atomic E-state index is 13.1. The molecular weight excluding hydrogens is 356 g/mol. The van der Waals surface area contributed by atoms with Gasteiger partial charge in [0.2, 0.25) is 0 Å². The Morgan fingerprint density at radius 2 is 1.90 bits per heavy atom. The minimum absolute atomic E-state index is 0.299. The Morgan fingerprint density at radius 3 is 2.48 bits per heavy atom. The van der Waals surface area contributed by atoms with Gasteiger partial charge in [0, 0.05) is 5.56 Å². The molecule has 0 fully saturated rings. The van der Waals surface area contributed by atoms with E-state index in [1.807, 2.05) is 0 Å². The first-order valence-corrected chi connectivity index (χ1v) is 6.36. The van der Waals surface area contributed by atoms with Gasteiger partial charge in [0.15, 0.2) is 0 Å². The SMILES string of the molecule is O=C(Nc1ccc(Br)nc1)c1ccc(F)c(C(F)(F)F)c1. The predicted octanol–water partition coefficient (Wildman–Crippen LogP) is 4.25. The molecule has 8 heteroatoms. The second-order valence-corrected chi connectivity index (χ2v) is 4.83. The van der Waals surface area contributed by atoms with Gasteiger partial charge in [0.1, 0.15) is 10.4 Å². The van der Waals surface area contributed by atoms with Crippen molar-refractivity contribution in [3.05, 3.63) is 58.1 Å². The third-order valence-electron chi connectivity index (χ3n) is 2.52. The van der Waals surface area contributed by atoms with Crippen LogP contribution in [0.25, 0.3) is 0 Å². The summed E-state index contributed by atoms with van der Waals surface area (Å²) in [5.74, 6) is -2.21. The number of carbonyl (C=O) groups is 1. The summed E-state index contributed by atoms with van der Waals surface area (Å²) in [6, 6.07) is 5.13. The number of carbonyl (C=O) groups excluding carboxylic acids is 1. The highest BCUT2D eigenvalue weighted by molar-refractivity contribution is 9.10. The molecule has 0 spiro atoms. The van der Waals surface area contributed by atoms with Crippen molar-refractivity contribution in [2.45, 2.75) is 6.18 Å². The van der Waals surface area contributed by atoms with Crippen molar-refractivity contribution in [1.82, 2.24) is 4.98 Å².